The number of hydrogen-bond acceptors (Lipinski definition) is 16. The van der Waals surface area contributed by atoms with Crippen LogP contribution in [0.4, 0.5) is 29.0 Å². The number of carbonyl (C=O) groups is 1. The number of methoxy groups -OCH3 is 1. The summed E-state index contributed by atoms with van der Waals surface area (Å²) in [7, 11) is 9.86. The minimum atomic E-state index is -0.0368. The van der Waals surface area contributed by atoms with Gasteiger partial charge in [0.25, 0.3) is 0 Å². The van der Waals surface area contributed by atoms with E-state index in [9.17, 15) is 4.79 Å². The predicted octanol–water partition coefficient (Wildman–Crippen LogP) is 14.6. The van der Waals surface area contributed by atoms with Crippen LogP contribution in [0.25, 0.3) is 61.9 Å². The average Bonchev–Trinajstić information content (AvgIpc) is 2.77. The van der Waals surface area contributed by atoms with Gasteiger partial charge < -0.3 is 24.0 Å². The maximum absolute atomic E-state index is 11.5. The number of amides is 1. The molecule has 84 heavy (non-hydrogen) atoms. The number of anilines is 5. The van der Waals surface area contributed by atoms with E-state index in [-0.39, 0.29) is 5.91 Å². The third-order valence-electron chi connectivity index (χ3n) is 16.8. The molecule has 16 rings (SSSR count). The van der Waals surface area contributed by atoms with Crippen molar-refractivity contribution >= 4 is 131 Å². The van der Waals surface area contributed by atoms with E-state index in [0.717, 1.165) is 83.9 Å². The molecule has 4 aromatic carbocycles. The van der Waals surface area contributed by atoms with Gasteiger partial charge in [-0.15, -0.1) is 34.0 Å². The van der Waals surface area contributed by atoms with E-state index in [0.29, 0.717) is 17.9 Å². The number of nitrogens with zero attached hydrogens (tertiary/aromatic N) is 13. The highest BCUT2D eigenvalue weighted by Crippen LogP contribution is 2.43. The summed E-state index contributed by atoms with van der Waals surface area (Å²) in [5, 5.41) is 7.10. The summed E-state index contributed by atoms with van der Waals surface area (Å²) in [4.78, 5) is 60.6. The number of aryl methyl sites for hydroxylation is 3. The van der Waals surface area contributed by atoms with Crippen LogP contribution in [0.15, 0.2) is 128 Å². The molecule has 15 nitrogen and oxygen atoms in total. The molecule has 8 aromatic heterocycles. The van der Waals surface area contributed by atoms with E-state index in [2.05, 4.69) is 137 Å². The molecule has 0 spiro atoms. The van der Waals surface area contributed by atoms with Crippen molar-refractivity contribution in [3.05, 3.63) is 156 Å². The molecule has 0 N–H and O–H groups in total. The summed E-state index contributed by atoms with van der Waals surface area (Å²) in [6.07, 6.45) is 21.5. The molecule has 8 heterocycles. The van der Waals surface area contributed by atoms with Crippen molar-refractivity contribution in [1.82, 2.24) is 44.4 Å². The number of aromatic nitrogens is 9. The number of para-hydroxylation sites is 1. The maximum Gasteiger partial charge on any atom is 0.224 e. The van der Waals surface area contributed by atoms with Gasteiger partial charge in [0.1, 0.15) is 74.5 Å². The lowest BCUT2D eigenvalue weighted by Crippen LogP contribution is -2.24. The maximum atomic E-state index is 11.5. The molecule has 1 amide bonds. The highest BCUT2D eigenvalue weighted by molar-refractivity contribution is 7.26. The lowest BCUT2D eigenvalue weighted by atomic mass is 9.96. The highest BCUT2D eigenvalue weighted by atomic mass is 32.1. The summed E-state index contributed by atoms with van der Waals surface area (Å²) in [6, 6.07) is 36.7. The van der Waals surface area contributed by atoms with Gasteiger partial charge >= 0.3 is 0 Å². The Balaban J connectivity index is 0.000000106. The molecule has 18 heteroatoms. The molecule has 0 radical (unpaired) electrons. The molecular formula is C66H67N13O2S3. The summed E-state index contributed by atoms with van der Waals surface area (Å²) in [6.45, 7) is 2.38. The van der Waals surface area contributed by atoms with E-state index in [4.69, 9.17) is 14.7 Å². The summed E-state index contributed by atoms with van der Waals surface area (Å²) in [5.41, 5.74) is 7.95. The first kappa shape index (κ1) is 55.0. The van der Waals surface area contributed by atoms with Crippen LogP contribution >= 0.6 is 34.0 Å². The molecule has 2 saturated carbocycles. The van der Waals surface area contributed by atoms with E-state index in [1.807, 2.05) is 47.7 Å². The van der Waals surface area contributed by atoms with Crippen LogP contribution in [-0.4, -0.2) is 97.7 Å². The minimum Gasteiger partial charge on any atom is -0.497 e. The van der Waals surface area contributed by atoms with Gasteiger partial charge in [-0.2, -0.15) is 0 Å². The van der Waals surface area contributed by atoms with E-state index in [1.54, 1.807) is 60.7 Å². The van der Waals surface area contributed by atoms with Crippen molar-refractivity contribution in [3.8, 4) is 5.75 Å². The van der Waals surface area contributed by atoms with Crippen LogP contribution in [0.5, 0.6) is 5.75 Å². The smallest absolute Gasteiger partial charge is 0.224 e. The number of ether oxygens (including phenoxy) is 1. The number of fused-ring (bicyclic) bond motifs is 12. The number of hydrogen-bond donors (Lipinski definition) is 0. The second-order valence-electron chi connectivity index (χ2n) is 22.2. The van der Waals surface area contributed by atoms with Crippen molar-refractivity contribution in [3.63, 3.8) is 0 Å². The van der Waals surface area contributed by atoms with Crippen molar-refractivity contribution < 1.29 is 9.53 Å². The largest absolute Gasteiger partial charge is 0.497 e. The van der Waals surface area contributed by atoms with E-state index < -0.39 is 0 Å². The van der Waals surface area contributed by atoms with Gasteiger partial charge in [0.05, 0.1) is 28.7 Å². The molecular weight excluding hydrogens is 1100 g/mol. The number of thiophene rings is 3. The zero-order valence-electron chi connectivity index (χ0n) is 48.3. The first-order valence-electron chi connectivity index (χ1n) is 29.1. The molecule has 12 aromatic rings. The molecule has 0 saturated heterocycles. The molecule has 426 valence electrons. The molecule has 4 aliphatic carbocycles. The van der Waals surface area contributed by atoms with Crippen molar-refractivity contribution in [1.29, 1.82) is 0 Å². The topological polar surface area (TPSA) is 147 Å². The van der Waals surface area contributed by atoms with Crippen LogP contribution in [0, 0.1) is 0 Å². The van der Waals surface area contributed by atoms with Crippen LogP contribution in [0.2, 0.25) is 0 Å². The van der Waals surface area contributed by atoms with E-state index in [1.165, 1.54) is 131 Å². The summed E-state index contributed by atoms with van der Waals surface area (Å²) < 4.78 is 10.2. The van der Waals surface area contributed by atoms with Gasteiger partial charge in [-0.25, -0.2) is 39.9 Å². The normalized spacial score (nSPS) is 14.5. The van der Waals surface area contributed by atoms with Gasteiger partial charge in [0.15, 0.2) is 0 Å². The quantitative estimate of drug-likeness (QED) is 0.128. The number of rotatable bonds is 10. The van der Waals surface area contributed by atoms with Gasteiger partial charge in [0, 0.05) is 90.2 Å². The zero-order valence-corrected chi connectivity index (χ0v) is 50.8. The molecule has 2 fully saturated rings. The Bertz CT molecular complexity index is 4340. The van der Waals surface area contributed by atoms with E-state index >= 15 is 0 Å². The van der Waals surface area contributed by atoms with Gasteiger partial charge in [-0.05, 0) is 130 Å². The Morgan fingerprint density at radius 3 is 1.65 bits per heavy atom. The fraction of sp³-hybridized carbons (Fsp3) is 0.318. The second-order valence-corrected chi connectivity index (χ2v) is 25.3. The lowest BCUT2D eigenvalue weighted by Gasteiger charge is -2.20. The molecule has 0 unspecified atom stereocenters. The van der Waals surface area contributed by atoms with Gasteiger partial charge in [-0.1, -0.05) is 66.7 Å². The minimum absolute atomic E-state index is 0.0368. The lowest BCUT2D eigenvalue weighted by molar-refractivity contribution is -0.116. The number of carbonyl (C=O) groups excluding carboxylic acids is 1. The fourth-order valence-electron chi connectivity index (χ4n) is 11.9. The first-order valence-corrected chi connectivity index (χ1v) is 31.5. The van der Waals surface area contributed by atoms with Gasteiger partial charge in [0.2, 0.25) is 5.91 Å². The second kappa shape index (κ2) is 23.8. The summed E-state index contributed by atoms with van der Waals surface area (Å²) >= 11 is 5.21. The Hall–Kier alpha value is -8.19. The Kier molecular flexibility index (Phi) is 15.6. The molecule has 4 aliphatic rings. The SMILES string of the molecule is CC(=O)N(C)c1ncnc2sc3ccccc3c12.CN(c1ccccc1)c1ncnc2sc3c(c12)CCCC3.CN(c1ncnc2sc3ccccc3c12)C1CC1.COc1ccc(Cn2c3c(c4c(N(C)C5CC5)ncnc42)CCCC3)cc1. The standard InChI is InChI=1S/C22H26N4O.C17H17N3S.C14H13N3S.C13H11N3OS/c1-25(16-9-10-16)21-20-18-5-3-4-6-19(18)26(22(20)24-14-23-21)13-15-7-11-17(27-2)12-8-15;1-20(12-7-3-2-4-8-12)16-15-13-9-5-6-10-14(13)21-17(15)19-11-18-16;1-17(9-6-7-9)13-12-10-4-2-3-5-11(10)18-14(12)16-8-15-13;1-8(17)16(2)12-11-9-5-3-4-6-10(9)18-13(11)15-7-14-12/h7-8,11-12,14,16H,3-6,9-10,13H2,1-2H3;2-4,7-8,11H,5-6,9-10H2,1H3;2-5,8-9H,6-7H2,1H3;3-7H,1-2H3. The monoisotopic (exact) mass is 1170 g/mol. The Morgan fingerprint density at radius 2 is 1.05 bits per heavy atom. The van der Waals surface area contributed by atoms with Crippen LogP contribution in [-0.2, 0) is 37.0 Å². The third-order valence-corrected chi connectivity index (χ3v) is 20.1. The zero-order chi connectivity index (χ0) is 57.4. The van der Waals surface area contributed by atoms with Crippen LogP contribution in [0.3, 0.4) is 0 Å². The molecule has 0 atom stereocenters. The Morgan fingerprint density at radius 1 is 0.536 bits per heavy atom. The fourth-order valence-corrected chi connectivity index (χ4v) is 15.2. The average molecular weight is 1170 g/mol. The molecule has 0 bridgehead atoms. The van der Waals surface area contributed by atoms with Gasteiger partial charge in [-0.3, -0.25) is 9.69 Å². The van der Waals surface area contributed by atoms with Crippen molar-refractivity contribution in [2.75, 3.05) is 54.9 Å². The van der Waals surface area contributed by atoms with Crippen LogP contribution < -0.4 is 24.3 Å². The summed E-state index contributed by atoms with van der Waals surface area (Å²) in [5.74, 6) is 4.77. The van der Waals surface area contributed by atoms with Crippen molar-refractivity contribution in [2.45, 2.75) is 103 Å². The Labute approximate surface area is 500 Å². The third kappa shape index (κ3) is 10.9. The number of benzene rings is 4. The highest BCUT2D eigenvalue weighted by Gasteiger charge is 2.32. The van der Waals surface area contributed by atoms with Crippen LogP contribution in [0.1, 0.15) is 85.6 Å². The first-order chi connectivity index (χ1) is 41.1. The molecule has 0 aliphatic heterocycles. The predicted molar refractivity (Wildman–Crippen MR) is 347 cm³/mol. The van der Waals surface area contributed by atoms with Crippen molar-refractivity contribution in [2.24, 2.45) is 0 Å².